The summed E-state index contributed by atoms with van der Waals surface area (Å²) >= 11 is 0. The summed E-state index contributed by atoms with van der Waals surface area (Å²) in [5, 5.41) is 9.73. The second kappa shape index (κ2) is 8.34. The first-order valence-electron chi connectivity index (χ1n) is 8.35. The summed E-state index contributed by atoms with van der Waals surface area (Å²) in [6.45, 7) is 4.84. The minimum Gasteiger partial charge on any atom is -0.503 e. The number of pyridine rings is 1. The molecule has 1 aromatic rings. The van der Waals surface area contributed by atoms with E-state index in [1.54, 1.807) is 12.3 Å². The van der Waals surface area contributed by atoms with Crippen molar-refractivity contribution in [1.29, 1.82) is 0 Å². The molecule has 2 rings (SSSR count). The molecule has 5 nitrogen and oxygen atoms in total. The first-order valence-corrected chi connectivity index (χ1v) is 8.35. The second-order valence-corrected chi connectivity index (χ2v) is 6.55. The van der Waals surface area contributed by atoms with Crippen molar-refractivity contribution in [2.75, 3.05) is 33.7 Å². The standard InChI is InChI=1S/C17H29N3O2/c1-18(2)8-7-11-20-14-17(22)16(21)12-15(20)13-19-9-5-3-4-6-10-19/h12,14,22H,3-11,13H2,1-2H3. The number of aromatic hydroxyl groups is 1. The van der Waals surface area contributed by atoms with Crippen LogP contribution < -0.4 is 5.43 Å². The highest BCUT2D eigenvalue weighted by molar-refractivity contribution is 5.20. The van der Waals surface area contributed by atoms with Crippen LogP contribution in [-0.2, 0) is 13.1 Å². The van der Waals surface area contributed by atoms with E-state index >= 15 is 0 Å². The third-order valence-electron chi connectivity index (χ3n) is 4.29. The summed E-state index contributed by atoms with van der Waals surface area (Å²) in [5.41, 5.74) is 0.747. The highest BCUT2D eigenvalue weighted by Crippen LogP contribution is 2.14. The fourth-order valence-corrected chi connectivity index (χ4v) is 3.03. The van der Waals surface area contributed by atoms with Gasteiger partial charge < -0.3 is 14.6 Å². The van der Waals surface area contributed by atoms with Crippen LogP contribution in [0.25, 0.3) is 0 Å². The Hall–Kier alpha value is -1.33. The zero-order chi connectivity index (χ0) is 15.9. The number of hydrogen-bond donors (Lipinski definition) is 1. The van der Waals surface area contributed by atoms with Crippen LogP contribution in [0.3, 0.4) is 0 Å². The van der Waals surface area contributed by atoms with Crippen LogP contribution in [0.1, 0.15) is 37.8 Å². The maximum atomic E-state index is 11.8. The molecule has 22 heavy (non-hydrogen) atoms. The van der Waals surface area contributed by atoms with Crippen LogP contribution in [-0.4, -0.2) is 53.2 Å². The Bertz CT molecular complexity index is 517. The van der Waals surface area contributed by atoms with Crippen molar-refractivity contribution in [3.05, 3.63) is 28.2 Å². The minimum absolute atomic E-state index is 0.149. The molecular formula is C17H29N3O2. The van der Waals surface area contributed by atoms with Gasteiger partial charge in [-0.2, -0.15) is 0 Å². The SMILES string of the molecule is CN(C)CCCn1cc(O)c(=O)cc1CN1CCCCCC1. The number of hydrogen-bond acceptors (Lipinski definition) is 4. The van der Waals surface area contributed by atoms with E-state index in [0.29, 0.717) is 0 Å². The predicted molar refractivity (Wildman–Crippen MR) is 89.3 cm³/mol. The molecule has 0 unspecified atom stereocenters. The summed E-state index contributed by atoms with van der Waals surface area (Å²) in [6, 6.07) is 1.61. The van der Waals surface area contributed by atoms with Crippen LogP contribution in [0.15, 0.2) is 17.1 Å². The number of aryl methyl sites for hydroxylation is 1. The topological polar surface area (TPSA) is 48.7 Å². The molecule has 0 aromatic carbocycles. The van der Waals surface area contributed by atoms with Gasteiger partial charge in [0.2, 0.25) is 5.43 Å². The predicted octanol–water partition coefficient (Wildman–Crippen LogP) is 1.88. The van der Waals surface area contributed by atoms with E-state index in [-0.39, 0.29) is 11.2 Å². The third kappa shape index (κ3) is 5.14. The van der Waals surface area contributed by atoms with Crippen molar-refractivity contribution in [3.63, 3.8) is 0 Å². The molecule has 0 saturated carbocycles. The van der Waals surface area contributed by atoms with Gasteiger partial charge in [0.05, 0.1) is 6.20 Å². The molecule has 5 heteroatoms. The lowest BCUT2D eigenvalue weighted by atomic mass is 10.2. The third-order valence-corrected chi connectivity index (χ3v) is 4.29. The lowest BCUT2D eigenvalue weighted by molar-refractivity contribution is 0.267. The first-order chi connectivity index (χ1) is 10.6. The molecule has 1 aromatic heterocycles. The quantitative estimate of drug-likeness (QED) is 0.872. The Labute approximate surface area is 133 Å². The van der Waals surface area contributed by atoms with Gasteiger partial charge in [0.15, 0.2) is 5.75 Å². The van der Waals surface area contributed by atoms with Gasteiger partial charge in [-0.15, -0.1) is 0 Å². The maximum absolute atomic E-state index is 11.8. The Kier molecular flexibility index (Phi) is 6.46. The van der Waals surface area contributed by atoms with Gasteiger partial charge in [-0.05, 0) is 53.0 Å². The molecule has 0 spiro atoms. The fraction of sp³-hybridized carbons (Fsp3) is 0.706. The van der Waals surface area contributed by atoms with E-state index in [1.165, 1.54) is 25.7 Å². The Morgan fingerprint density at radius 1 is 1.18 bits per heavy atom. The lowest BCUT2D eigenvalue weighted by Crippen LogP contribution is -2.27. The number of aromatic nitrogens is 1. The van der Waals surface area contributed by atoms with E-state index in [2.05, 4.69) is 23.9 Å². The monoisotopic (exact) mass is 307 g/mol. The molecule has 124 valence electrons. The zero-order valence-corrected chi connectivity index (χ0v) is 13.9. The van der Waals surface area contributed by atoms with Gasteiger partial charge >= 0.3 is 0 Å². The molecule has 1 N–H and O–H groups in total. The summed E-state index contributed by atoms with van der Waals surface area (Å²) in [4.78, 5) is 16.4. The van der Waals surface area contributed by atoms with Crippen molar-refractivity contribution in [2.45, 2.75) is 45.2 Å². The smallest absolute Gasteiger partial charge is 0.223 e. The molecule has 0 atom stereocenters. The van der Waals surface area contributed by atoms with E-state index in [0.717, 1.165) is 44.8 Å². The van der Waals surface area contributed by atoms with Gasteiger partial charge in [-0.25, -0.2) is 0 Å². The van der Waals surface area contributed by atoms with E-state index in [9.17, 15) is 9.90 Å². The molecular weight excluding hydrogens is 278 g/mol. The minimum atomic E-state index is -0.270. The number of likely N-dealkylation sites (tertiary alicyclic amines) is 1. The second-order valence-electron chi connectivity index (χ2n) is 6.55. The van der Waals surface area contributed by atoms with Gasteiger partial charge in [0.25, 0.3) is 0 Å². The van der Waals surface area contributed by atoms with Crippen molar-refractivity contribution in [3.8, 4) is 5.75 Å². The molecule has 0 radical (unpaired) electrons. The van der Waals surface area contributed by atoms with Crippen LogP contribution in [0.4, 0.5) is 0 Å². The van der Waals surface area contributed by atoms with Crippen molar-refractivity contribution in [2.24, 2.45) is 0 Å². The van der Waals surface area contributed by atoms with Gasteiger partial charge in [-0.1, -0.05) is 12.8 Å². The fourth-order valence-electron chi connectivity index (χ4n) is 3.03. The maximum Gasteiger partial charge on any atom is 0.223 e. The average molecular weight is 307 g/mol. The highest BCUT2D eigenvalue weighted by Gasteiger charge is 2.13. The largest absolute Gasteiger partial charge is 0.503 e. The van der Waals surface area contributed by atoms with Gasteiger partial charge in [0.1, 0.15) is 0 Å². The average Bonchev–Trinajstić information content (AvgIpc) is 2.72. The molecule has 0 bridgehead atoms. The van der Waals surface area contributed by atoms with Gasteiger partial charge in [-0.3, -0.25) is 9.69 Å². The zero-order valence-electron chi connectivity index (χ0n) is 13.9. The molecule has 0 aliphatic carbocycles. The summed E-state index contributed by atoms with van der Waals surface area (Å²) in [6.07, 6.45) is 7.70. The first kappa shape index (κ1) is 17.0. The molecule has 2 heterocycles. The van der Waals surface area contributed by atoms with Crippen LogP contribution in [0.5, 0.6) is 5.75 Å². The van der Waals surface area contributed by atoms with E-state index < -0.39 is 0 Å². The normalized spacial score (nSPS) is 16.9. The van der Waals surface area contributed by atoms with E-state index in [1.807, 2.05) is 4.57 Å². The summed E-state index contributed by atoms with van der Waals surface area (Å²) in [5.74, 6) is -0.149. The summed E-state index contributed by atoms with van der Waals surface area (Å²) < 4.78 is 2.05. The van der Waals surface area contributed by atoms with Crippen molar-refractivity contribution >= 4 is 0 Å². The van der Waals surface area contributed by atoms with Gasteiger partial charge in [0, 0.05) is 24.8 Å². The Balaban J connectivity index is 2.09. The Morgan fingerprint density at radius 2 is 1.86 bits per heavy atom. The number of rotatable bonds is 6. The molecule has 1 fully saturated rings. The van der Waals surface area contributed by atoms with Crippen LogP contribution >= 0.6 is 0 Å². The number of nitrogens with zero attached hydrogens (tertiary/aromatic N) is 3. The van der Waals surface area contributed by atoms with Crippen molar-refractivity contribution < 1.29 is 5.11 Å². The lowest BCUT2D eigenvalue weighted by Gasteiger charge is -2.23. The van der Waals surface area contributed by atoms with Crippen LogP contribution in [0.2, 0.25) is 0 Å². The van der Waals surface area contributed by atoms with Crippen LogP contribution in [0, 0.1) is 0 Å². The molecule has 1 saturated heterocycles. The molecule has 0 amide bonds. The Morgan fingerprint density at radius 3 is 2.50 bits per heavy atom. The van der Waals surface area contributed by atoms with E-state index in [4.69, 9.17) is 0 Å². The highest BCUT2D eigenvalue weighted by atomic mass is 16.3. The van der Waals surface area contributed by atoms with Crippen molar-refractivity contribution in [1.82, 2.24) is 14.4 Å². The molecule has 1 aliphatic heterocycles. The summed E-state index contributed by atoms with van der Waals surface area (Å²) in [7, 11) is 4.11. The molecule has 1 aliphatic rings.